The molecule has 0 bridgehead atoms. The lowest BCUT2D eigenvalue weighted by atomic mass is 9.77. The molecule has 0 spiro atoms. The van der Waals surface area contributed by atoms with Crippen molar-refractivity contribution < 1.29 is 26.7 Å². The van der Waals surface area contributed by atoms with Gasteiger partial charge in [-0.05, 0) is 40.5 Å². The predicted molar refractivity (Wildman–Crippen MR) is 81.3 cm³/mol. The molecule has 1 rings (SSSR count). The summed E-state index contributed by atoms with van der Waals surface area (Å²) >= 11 is 0. The van der Waals surface area contributed by atoms with Gasteiger partial charge in [0.1, 0.15) is 0 Å². The smallest absolute Gasteiger partial charge is 0.0925 e. The molecular formula is C16H35BrN2O. The summed E-state index contributed by atoms with van der Waals surface area (Å²) in [6.07, 6.45) is 4.61. The van der Waals surface area contributed by atoms with Crippen molar-refractivity contribution in [3.8, 4) is 0 Å². The highest BCUT2D eigenvalue weighted by atomic mass is 79.9. The topological polar surface area (TPSA) is 23.5 Å². The van der Waals surface area contributed by atoms with Gasteiger partial charge in [0.05, 0.1) is 26.2 Å². The Balaban J connectivity index is 0.00000361. The van der Waals surface area contributed by atoms with Gasteiger partial charge in [0.15, 0.2) is 0 Å². The van der Waals surface area contributed by atoms with Crippen molar-refractivity contribution in [3.05, 3.63) is 0 Å². The summed E-state index contributed by atoms with van der Waals surface area (Å²) in [4.78, 5) is 0. The van der Waals surface area contributed by atoms with E-state index in [2.05, 4.69) is 48.6 Å². The van der Waals surface area contributed by atoms with Crippen molar-refractivity contribution in [1.29, 1.82) is 0 Å². The first-order chi connectivity index (χ1) is 8.59. The monoisotopic (exact) mass is 350 g/mol. The molecule has 20 heavy (non-hydrogen) atoms. The van der Waals surface area contributed by atoms with Gasteiger partial charge in [-0.15, -0.1) is 0 Å². The number of piperidine rings is 1. The van der Waals surface area contributed by atoms with Crippen LogP contribution in [0.1, 0.15) is 67.2 Å². The summed E-state index contributed by atoms with van der Waals surface area (Å²) in [5.74, 6) is 0. The van der Waals surface area contributed by atoms with Gasteiger partial charge in [-0.3, -0.25) is 0 Å². The minimum atomic E-state index is -0.132. The number of nitrogens with zero attached hydrogens (tertiary/aromatic N) is 2. The van der Waals surface area contributed by atoms with Crippen LogP contribution in [0, 0.1) is 0 Å². The van der Waals surface area contributed by atoms with E-state index in [0.29, 0.717) is 6.04 Å². The number of hydroxylamine groups is 2. The molecule has 1 saturated heterocycles. The normalized spacial score (nSPS) is 23.4. The first-order valence-corrected chi connectivity index (χ1v) is 7.92. The molecule has 0 unspecified atom stereocenters. The maximum atomic E-state index is 10.4. The lowest BCUT2D eigenvalue weighted by Gasteiger charge is -2.55. The molecule has 0 atom stereocenters. The van der Waals surface area contributed by atoms with E-state index in [4.69, 9.17) is 0 Å². The molecule has 0 radical (unpaired) electrons. The van der Waals surface area contributed by atoms with Crippen LogP contribution in [0.4, 0.5) is 0 Å². The number of hydrogen-bond acceptors (Lipinski definition) is 2. The third-order valence-electron chi connectivity index (χ3n) is 4.97. The molecular weight excluding hydrogens is 316 g/mol. The third-order valence-corrected chi connectivity index (χ3v) is 4.97. The van der Waals surface area contributed by atoms with Crippen LogP contribution >= 0.6 is 0 Å². The van der Waals surface area contributed by atoms with Crippen LogP contribution in [0.5, 0.6) is 0 Å². The summed E-state index contributed by atoms with van der Waals surface area (Å²) < 4.78 is 1.16. The molecule has 4 heteroatoms. The lowest BCUT2D eigenvalue weighted by molar-refractivity contribution is -0.936. The van der Waals surface area contributed by atoms with Gasteiger partial charge in [-0.25, -0.2) is 0 Å². The largest absolute Gasteiger partial charge is 1.00 e. The molecule has 0 aromatic rings. The average Bonchev–Trinajstić information content (AvgIpc) is 2.25. The lowest BCUT2D eigenvalue weighted by Crippen LogP contribution is -3.00. The van der Waals surface area contributed by atoms with E-state index in [1.54, 1.807) is 5.06 Å². The van der Waals surface area contributed by atoms with Gasteiger partial charge in [0.2, 0.25) is 0 Å². The molecule has 0 saturated carbocycles. The molecule has 1 aliphatic rings. The first kappa shape index (κ1) is 20.4. The fourth-order valence-corrected chi connectivity index (χ4v) is 4.16. The zero-order chi connectivity index (χ0) is 14.9. The Morgan fingerprint density at radius 2 is 1.35 bits per heavy atom. The standard InChI is InChI=1S/C16H35N2O.BrH/c1-8-10-18(7,11-9-2)14-12-15(3,4)17(19)16(5,6)13-14;/h14,19H,8-13H2,1-7H3;1H/q+1;/p-1. The average molecular weight is 351 g/mol. The zero-order valence-corrected chi connectivity index (χ0v) is 16.1. The summed E-state index contributed by atoms with van der Waals surface area (Å²) in [7, 11) is 2.41. The highest BCUT2D eigenvalue weighted by molar-refractivity contribution is 4.96. The van der Waals surface area contributed by atoms with Crippen LogP contribution in [-0.2, 0) is 0 Å². The van der Waals surface area contributed by atoms with Gasteiger partial charge < -0.3 is 26.7 Å². The zero-order valence-electron chi connectivity index (χ0n) is 14.5. The second kappa shape index (κ2) is 7.08. The Hall–Kier alpha value is 0.360. The van der Waals surface area contributed by atoms with Gasteiger partial charge in [0.25, 0.3) is 0 Å². The predicted octanol–water partition coefficient (Wildman–Crippen LogP) is 0.668. The quantitative estimate of drug-likeness (QED) is 0.736. The van der Waals surface area contributed by atoms with Crippen LogP contribution in [0.2, 0.25) is 0 Å². The fourth-order valence-electron chi connectivity index (χ4n) is 4.16. The second-order valence-corrected chi connectivity index (χ2v) is 7.93. The Morgan fingerprint density at radius 1 is 1.00 bits per heavy atom. The molecule has 0 aromatic carbocycles. The van der Waals surface area contributed by atoms with E-state index in [1.807, 2.05) is 0 Å². The molecule has 0 aliphatic carbocycles. The van der Waals surface area contributed by atoms with Crippen molar-refractivity contribution in [2.75, 3.05) is 20.1 Å². The van der Waals surface area contributed by atoms with Crippen LogP contribution in [0.15, 0.2) is 0 Å². The summed E-state index contributed by atoms with van der Waals surface area (Å²) in [5, 5.41) is 12.0. The highest BCUT2D eigenvalue weighted by Crippen LogP contribution is 2.40. The second-order valence-electron chi connectivity index (χ2n) is 7.93. The molecule has 1 aliphatic heterocycles. The first-order valence-electron chi connectivity index (χ1n) is 7.92. The molecule has 0 aromatic heterocycles. The van der Waals surface area contributed by atoms with Crippen LogP contribution in [-0.4, -0.2) is 52.0 Å². The van der Waals surface area contributed by atoms with Crippen molar-refractivity contribution in [3.63, 3.8) is 0 Å². The maximum Gasteiger partial charge on any atom is 0.0925 e. The van der Waals surface area contributed by atoms with E-state index in [-0.39, 0.29) is 28.1 Å². The van der Waals surface area contributed by atoms with Crippen molar-refractivity contribution in [2.45, 2.75) is 84.3 Å². The SMILES string of the molecule is CCC[N+](C)(CCC)C1CC(C)(C)N(O)C(C)(C)C1.[Br-]. The summed E-state index contributed by atoms with van der Waals surface area (Å²) in [6, 6.07) is 0.647. The number of rotatable bonds is 5. The molecule has 0 amide bonds. The Labute approximate surface area is 136 Å². The molecule has 122 valence electrons. The van der Waals surface area contributed by atoms with Crippen LogP contribution < -0.4 is 17.0 Å². The number of halogens is 1. The van der Waals surface area contributed by atoms with Gasteiger partial charge in [0, 0.05) is 23.9 Å². The van der Waals surface area contributed by atoms with Gasteiger partial charge in [-0.2, -0.15) is 5.06 Å². The Bertz CT molecular complexity index is 281. The minimum Gasteiger partial charge on any atom is -1.00 e. The number of quaternary nitrogens is 1. The van der Waals surface area contributed by atoms with E-state index >= 15 is 0 Å². The van der Waals surface area contributed by atoms with E-state index in [9.17, 15) is 5.21 Å². The van der Waals surface area contributed by atoms with E-state index in [1.165, 1.54) is 25.9 Å². The molecule has 1 fully saturated rings. The van der Waals surface area contributed by atoms with Crippen molar-refractivity contribution >= 4 is 0 Å². The molecule has 1 N–H and O–H groups in total. The minimum absolute atomic E-state index is 0. The Morgan fingerprint density at radius 3 is 1.65 bits per heavy atom. The van der Waals surface area contributed by atoms with Crippen LogP contribution in [0.3, 0.4) is 0 Å². The number of hydrogen-bond donors (Lipinski definition) is 1. The van der Waals surface area contributed by atoms with E-state index < -0.39 is 0 Å². The van der Waals surface area contributed by atoms with Gasteiger partial charge in [-0.1, -0.05) is 13.8 Å². The summed E-state index contributed by atoms with van der Waals surface area (Å²) in [6.45, 7) is 15.7. The maximum absolute atomic E-state index is 10.4. The van der Waals surface area contributed by atoms with Crippen LogP contribution in [0.25, 0.3) is 0 Å². The van der Waals surface area contributed by atoms with Crippen molar-refractivity contribution in [2.24, 2.45) is 0 Å². The third kappa shape index (κ3) is 4.19. The van der Waals surface area contributed by atoms with Crippen molar-refractivity contribution in [1.82, 2.24) is 5.06 Å². The highest BCUT2D eigenvalue weighted by Gasteiger charge is 2.50. The fraction of sp³-hybridized carbons (Fsp3) is 1.00. The van der Waals surface area contributed by atoms with E-state index in [0.717, 1.165) is 17.3 Å². The molecule has 1 heterocycles. The molecule has 3 nitrogen and oxygen atoms in total. The van der Waals surface area contributed by atoms with Gasteiger partial charge >= 0.3 is 0 Å². The Kier molecular flexibility index (Phi) is 7.21. The summed E-state index contributed by atoms with van der Waals surface area (Å²) in [5.41, 5.74) is -0.263.